The van der Waals surface area contributed by atoms with Gasteiger partial charge in [0, 0.05) is 6.04 Å². The SMILES string of the molecule is COC(=O)c1c(I)cnn1C(C)C. The van der Waals surface area contributed by atoms with Crippen LogP contribution in [0.15, 0.2) is 6.20 Å². The number of hydrogen-bond acceptors (Lipinski definition) is 3. The molecule has 0 N–H and O–H groups in total. The van der Waals surface area contributed by atoms with E-state index in [2.05, 4.69) is 32.4 Å². The molecule has 0 atom stereocenters. The van der Waals surface area contributed by atoms with Gasteiger partial charge in [0.05, 0.1) is 16.9 Å². The number of aromatic nitrogens is 2. The highest BCUT2D eigenvalue weighted by molar-refractivity contribution is 14.1. The van der Waals surface area contributed by atoms with Crippen LogP contribution in [0.4, 0.5) is 0 Å². The third-order valence-electron chi connectivity index (χ3n) is 1.62. The molecule has 1 heterocycles. The first-order chi connectivity index (χ1) is 6.07. The number of methoxy groups -OCH3 is 1. The van der Waals surface area contributed by atoms with Gasteiger partial charge in [0.2, 0.25) is 0 Å². The Morgan fingerprint density at radius 2 is 2.31 bits per heavy atom. The maximum Gasteiger partial charge on any atom is 0.357 e. The molecule has 4 nitrogen and oxygen atoms in total. The van der Waals surface area contributed by atoms with Crippen molar-refractivity contribution in [2.45, 2.75) is 19.9 Å². The number of rotatable bonds is 2. The van der Waals surface area contributed by atoms with Gasteiger partial charge in [-0.15, -0.1) is 0 Å². The van der Waals surface area contributed by atoms with Crippen LogP contribution in [-0.4, -0.2) is 22.9 Å². The Hall–Kier alpha value is -0.590. The molecule has 13 heavy (non-hydrogen) atoms. The molecule has 0 aliphatic heterocycles. The fraction of sp³-hybridized carbons (Fsp3) is 0.500. The molecule has 0 fully saturated rings. The standard InChI is InChI=1S/C8H11IN2O2/c1-5(2)11-7(8(12)13-3)6(9)4-10-11/h4-5H,1-3H3. The highest BCUT2D eigenvalue weighted by Crippen LogP contribution is 2.16. The summed E-state index contributed by atoms with van der Waals surface area (Å²) in [5, 5.41) is 4.09. The second-order valence-corrected chi connectivity index (χ2v) is 4.03. The van der Waals surface area contributed by atoms with Crippen molar-refractivity contribution in [3.8, 4) is 0 Å². The van der Waals surface area contributed by atoms with Crippen molar-refractivity contribution >= 4 is 28.6 Å². The lowest BCUT2D eigenvalue weighted by atomic mass is 10.3. The maximum atomic E-state index is 11.3. The van der Waals surface area contributed by atoms with Crippen LogP contribution in [0, 0.1) is 3.57 Å². The minimum absolute atomic E-state index is 0.164. The van der Waals surface area contributed by atoms with E-state index >= 15 is 0 Å². The number of carbonyl (C=O) groups is 1. The Morgan fingerprint density at radius 3 is 2.77 bits per heavy atom. The third kappa shape index (κ3) is 2.01. The molecule has 0 spiro atoms. The van der Waals surface area contributed by atoms with Crippen molar-refractivity contribution in [2.24, 2.45) is 0 Å². The van der Waals surface area contributed by atoms with Gasteiger partial charge < -0.3 is 4.74 Å². The second-order valence-electron chi connectivity index (χ2n) is 2.87. The molecule has 0 unspecified atom stereocenters. The van der Waals surface area contributed by atoms with Gasteiger partial charge in [-0.1, -0.05) is 0 Å². The summed E-state index contributed by atoms with van der Waals surface area (Å²) < 4.78 is 7.14. The zero-order valence-corrected chi connectivity index (χ0v) is 9.90. The van der Waals surface area contributed by atoms with E-state index in [1.807, 2.05) is 13.8 Å². The highest BCUT2D eigenvalue weighted by atomic mass is 127. The average molecular weight is 294 g/mol. The zero-order chi connectivity index (χ0) is 10.0. The van der Waals surface area contributed by atoms with Crippen LogP contribution in [0.1, 0.15) is 30.4 Å². The van der Waals surface area contributed by atoms with Gasteiger partial charge in [-0.05, 0) is 36.4 Å². The van der Waals surface area contributed by atoms with Crippen molar-refractivity contribution in [3.63, 3.8) is 0 Å². The first-order valence-electron chi connectivity index (χ1n) is 3.89. The van der Waals surface area contributed by atoms with E-state index in [0.717, 1.165) is 3.57 Å². The van der Waals surface area contributed by atoms with Crippen molar-refractivity contribution < 1.29 is 9.53 Å². The van der Waals surface area contributed by atoms with E-state index in [-0.39, 0.29) is 12.0 Å². The number of nitrogens with zero attached hydrogens (tertiary/aromatic N) is 2. The van der Waals surface area contributed by atoms with E-state index < -0.39 is 0 Å². The van der Waals surface area contributed by atoms with Crippen molar-refractivity contribution in [3.05, 3.63) is 15.5 Å². The summed E-state index contributed by atoms with van der Waals surface area (Å²) in [7, 11) is 1.37. The molecule has 0 aliphatic carbocycles. The summed E-state index contributed by atoms with van der Waals surface area (Å²) in [4.78, 5) is 11.3. The molecule has 1 aromatic rings. The van der Waals surface area contributed by atoms with Crippen LogP contribution in [0.5, 0.6) is 0 Å². The predicted octanol–water partition coefficient (Wildman–Crippen LogP) is 1.86. The molecule has 72 valence electrons. The summed E-state index contributed by atoms with van der Waals surface area (Å²) >= 11 is 2.07. The Bertz CT molecular complexity index is 320. The fourth-order valence-corrected chi connectivity index (χ4v) is 1.61. The monoisotopic (exact) mass is 294 g/mol. The van der Waals surface area contributed by atoms with Gasteiger partial charge in [0.1, 0.15) is 0 Å². The predicted molar refractivity (Wildman–Crippen MR) is 56.7 cm³/mol. The van der Waals surface area contributed by atoms with Crippen LogP contribution >= 0.6 is 22.6 Å². The summed E-state index contributed by atoms with van der Waals surface area (Å²) in [6, 6.07) is 0.164. The zero-order valence-electron chi connectivity index (χ0n) is 7.74. The van der Waals surface area contributed by atoms with Crippen molar-refractivity contribution in [1.82, 2.24) is 9.78 Å². The molecule has 0 bridgehead atoms. The van der Waals surface area contributed by atoms with E-state index in [1.165, 1.54) is 7.11 Å². The van der Waals surface area contributed by atoms with E-state index in [1.54, 1.807) is 10.9 Å². The van der Waals surface area contributed by atoms with Crippen LogP contribution in [0.2, 0.25) is 0 Å². The summed E-state index contributed by atoms with van der Waals surface area (Å²) in [6.07, 6.45) is 1.66. The summed E-state index contributed by atoms with van der Waals surface area (Å²) in [6.45, 7) is 3.94. The minimum atomic E-state index is -0.337. The Kier molecular flexibility index (Phi) is 3.29. The number of esters is 1. The van der Waals surface area contributed by atoms with Crippen LogP contribution in [-0.2, 0) is 4.74 Å². The quantitative estimate of drug-likeness (QED) is 0.617. The van der Waals surface area contributed by atoms with Gasteiger partial charge >= 0.3 is 5.97 Å². The largest absolute Gasteiger partial charge is 0.464 e. The first-order valence-corrected chi connectivity index (χ1v) is 4.97. The molecule has 0 radical (unpaired) electrons. The van der Waals surface area contributed by atoms with Crippen LogP contribution in [0.25, 0.3) is 0 Å². The lowest BCUT2D eigenvalue weighted by Gasteiger charge is -2.09. The second kappa shape index (κ2) is 4.08. The lowest BCUT2D eigenvalue weighted by Crippen LogP contribution is -2.14. The molecule has 0 aromatic carbocycles. The van der Waals surface area contributed by atoms with Gasteiger partial charge in [0.15, 0.2) is 5.69 Å². The summed E-state index contributed by atoms with van der Waals surface area (Å²) in [5.74, 6) is -0.337. The molecule has 0 saturated heterocycles. The third-order valence-corrected chi connectivity index (χ3v) is 2.41. The van der Waals surface area contributed by atoms with Gasteiger partial charge in [0.25, 0.3) is 0 Å². The maximum absolute atomic E-state index is 11.3. The smallest absolute Gasteiger partial charge is 0.357 e. The Labute approximate surface area is 90.4 Å². The lowest BCUT2D eigenvalue weighted by molar-refractivity contribution is 0.0583. The first kappa shape index (κ1) is 10.5. The molecular formula is C8H11IN2O2. The molecule has 1 rings (SSSR count). The topological polar surface area (TPSA) is 44.1 Å². The van der Waals surface area contributed by atoms with Crippen molar-refractivity contribution in [2.75, 3.05) is 7.11 Å². The van der Waals surface area contributed by atoms with E-state index in [9.17, 15) is 4.79 Å². The molecular weight excluding hydrogens is 283 g/mol. The number of hydrogen-bond donors (Lipinski definition) is 0. The Morgan fingerprint density at radius 1 is 1.69 bits per heavy atom. The molecule has 1 aromatic heterocycles. The van der Waals surface area contributed by atoms with Crippen LogP contribution in [0.3, 0.4) is 0 Å². The molecule has 0 aliphatic rings. The number of carbonyl (C=O) groups excluding carboxylic acids is 1. The molecule has 0 saturated carbocycles. The Balaban J connectivity index is 3.16. The molecule has 0 amide bonds. The number of ether oxygens (including phenoxy) is 1. The van der Waals surface area contributed by atoms with E-state index in [4.69, 9.17) is 0 Å². The average Bonchev–Trinajstić information content (AvgIpc) is 2.46. The number of halogens is 1. The minimum Gasteiger partial charge on any atom is -0.464 e. The fourth-order valence-electron chi connectivity index (χ4n) is 1.02. The van der Waals surface area contributed by atoms with Gasteiger partial charge in [-0.3, -0.25) is 4.68 Å². The summed E-state index contributed by atoms with van der Waals surface area (Å²) in [5.41, 5.74) is 0.526. The normalized spacial score (nSPS) is 10.5. The van der Waals surface area contributed by atoms with Crippen LogP contribution < -0.4 is 0 Å². The van der Waals surface area contributed by atoms with Gasteiger partial charge in [-0.2, -0.15) is 5.10 Å². The molecule has 5 heteroatoms. The highest BCUT2D eigenvalue weighted by Gasteiger charge is 2.18. The van der Waals surface area contributed by atoms with E-state index in [0.29, 0.717) is 5.69 Å². The van der Waals surface area contributed by atoms with Crippen molar-refractivity contribution in [1.29, 1.82) is 0 Å². The van der Waals surface area contributed by atoms with Gasteiger partial charge in [-0.25, -0.2) is 4.79 Å².